The van der Waals surface area contributed by atoms with Gasteiger partial charge in [-0.05, 0) is 49.3 Å². The van der Waals surface area contributed by atoms with E-state index in [1.54, 1.807) is 24.4 Å². The zero-order chi connectivity index (χ0) is 24.9. The van der Waals surface area contributed by atoms with Gasteiger partial charge in [0.15, 0.2) is 0 Å². The van der Waals surface area contributed by atoms with Crippen LogP contribution in [0, 0.1) is 13.8 Å². The number of aryl methyl sites for hydroxylation is 3. The number of hydrogen-bond acceptors (Lipinski definition) is 4. The minimum absolute atomic E-state index is 0.0415. The summed E-state index contributed by atoms with van der Waals surface area (Å²) in [4.78, 5) is 4.98. The Kier molecular flexibility index (Phi) is 19.9. The Labute approximate surface area is 202 Å². The second-order valence-electron chi connectivity index (χ2n) is 6.95. The number of benzene rings is 1. The van der Waals surface area contributed by atoms with E-state index in [1.165, 1.54) is 36.0 Å². The first-order valence-corrected chi connectivity index (χ1v) is 11.4. The molecule has 1 saturated carbocycles. The van der Waals surface area contributed by atoms with Gasteiger partial charge in [0, 0.05) is 6.20 Å². The fourth-order valence-electron chi connectivity index (χ4n) is 2.23. The second-order valence-corrected chi connectivity index (χ2v) is 7.47. The Bertz CT molecular complexity index is 783. The topological polar surface area (TPSA) is 50.4 Å². The molecule has 1 aliphatic carbocycles. The molecular weight excluding hydrogens is 410 g/mol. The molecule has 3 nitrogen and oxygen atoms in total. The SMILES string of the molecule is C1CC1.C=C.C=C/C(S)=C\C.C=CC1=NC(N)=CNC1C=C.CCc1ccc(C)cc1C. The van der Waals surface area contributed by atoms with E-state index in [1.807, 2.05) is 13.0 Å². The van der Waals surface area contributed by atoms with Gasteiger partial charge in [-0.1, -0.05) is 81.3 Å². The third kappa shape index (κ3) is 16.0. The Morgan fingerprint density at radius 2 is 1.78 bits per heavy atom. The largest absolute Gasteiger partial charge is 0.382 e. The van der Waals surface area contributed by atoms with Gasteiger partial charge >= 0.3 is 0 Å². The molecule has 176 valence electrons. The molecule has 1 aliphatic heterocycles. The second kappa shape index (κ2) is 20.2. The highest BCUT2D eigenvalue weighted by atomic mass is 32.1. The van der Waals surface area contributed by atoms with Crippen LogP contribution in [0.2, 0.25) is 0 Å². The molecule has 0 amide bonds. The molecule has 32 heavy (non-hydrogen) atoms. The smallest absolute Gasteiger partial charge is 0.139 e. The lowest BCUT2D eigenvalue weighted by molar-refractivity contribution is 0.840. The Morgan fingerprint density at radius 3 is 2.12 bits per heavy atom. The first-order chi connectivity index (χ1) is 15.3. The number of nitrogens with one attached hydrogen (secondary N) is 1. The predicted octanol–water partition coefficient (Wildman–Crippen LogP) is 7.37. The van der Waals surface area contributed by atoms with E-state index >= 15 is 0 Å². The molecule has 3 N–H and O–H groups in total. The highest BCUT2D eigenvalue weighted by Crippen LogP contribution is 2.15. The first kappa shape index (κ1) is 31.5. The van der Waals surface area contributed by atoms with E-state index in [0.29, 0.717) is 5.82 Å². The minimum atomic E-state index is 0.0415. The van der Waals surface area contributed by atoms with Crippen LogP contribution in [-0.4, -0.2) is 11.8 Å². The predicted molar refractivity (Wildman–Crippen MR) is 150 cm³/mol. The summed E-state index contributed by atoms with van der Waals surface area (Å²) in [6.07, 6.45) is 14.3. The molecule has 0 radical (unpaired) electrons. The highest BCUT2D eigenvalue weighted by Gasteiger charge is 2.10. The van der Waals surface area contributed by atoms with E-state index < -0.39 is 0 Å². The number of rotatable bonds is 4. The van der Waals surface area contributed by atoms with Gasteiger partial charge in [-0.15, -0.1) is 32.4 Å². The Morgan fingerprint density at radius 1 is 1.19 bits per heavy atom. The average Bonchev–Trinajstić information content (AvgIpc) is 3.70. The molecule has 0 aromatic heterocycles. The van der Waals surface area contributed by atoms with Crippen LogP contribution in [0.4, 0.5) is 0 Å². The van der Waals surface area contributed by atoms with Crippen LogP contribution < -0.4 is 11.1 Å². The lowest BCUT2D eigenvalue weighted by Gasteiger charge is -2.17. The van der Waals surface area contributed by atoms with E-state index in [0.717, 1.165) is 17.0 Å². The standard InChI is InChI=1S/C10H14.C8H11N3.C5H8S.C3H6.C2H4/c1-4-10-6-5-8(2)7-9(10)3;1-3-6-7(4-2)11-8(9)5-10-6;1-3-5(6)4-2;1-2-3-1;1-2/h5-7H,4H2,1-3H3;3-6,10H,1-2,9H2;3-4,6H,1H2,2H3;1-3H2;1-2H2/b;;5-4+;;. The van der Waals surface area contributed by atoms with E-state index in [2.05, 4.69) is 94.8 Å². The summed E-state index contributed by atoms with van der Waals surface area (Å²) in [6, 6.07) is 6.66. The van der Waals surface area contributed by atoms with Gasteiger partial charge in [0.05, 0.1) is 11.8 Å². The zero-order valence-corrected chi connectivity index (χ0v) is 21.4. The van der Waals surface area contributed by atoms with Crippen LogP contribution in [0.25, 0.3) is 0 Å². The number of allylic oxidation sites excluding steroid dienone is 2. The van der Waals surface area contributed by atoms with Crippen molar-refractivity contribution >= 4 is 18.3 Å². The van der Waals surface area contributed by atoms with Crippen molar-refractivity contribution in [2.45, 2.75) is 59.4 Å². The average molecular weight is 454 g/mol. The van der Waals surface area contributed by atoms with Crippen LogP contribution in [0.3, 0.4) is 0 Å². The Balaban J connectivity index is 0. The number of hydrogen-bond donors (Lipinski definition) is 3. The van der Waals surface area contributed by atoms with Gasteiger partial charge in [0.1, 0.15) is 5.82 Å². The molecule has 1 unspecified atom stereocenters. The molecule has 0 saturated heterocycles. The third-order valence-corrected chi connectivity index (χ3v) is 4.61. The van der Waals surface area contributed by atoms with Gasteiger partial charge in [-0.25, -0.2) is 4.99 Å². The summed E-state index contributed by atoms with van der Waals surface area (Å²) in [7, 11) is 0. The molecule has 1 aromatic carbocycles. The van der Waals surface area contributed by atoms with Gasteiger partial charge in [0.2, 0.25) is 0 Å². The summed E-state index contributed by atoms with van der Waals surface area (Å²) in [5.74, 6) is 0.470. The molecule has 4 heteroatoms. The van der Waals surface area contributed by atoms with Gasteiger partial charge < -0.3 is 11.1 Å². The normalized spacial score (nSPS) is 15.4. The molecule has 1 aromatic rings. The first-order valence-electron chi connectivity index (χ1n) is 10.9. The molecule has 1 fully saturated rings. The number of aliphatic imine (C=N–C) groups is 1. The summed E-state index contributed by atoms with van der Waals surface area (Å²) < 4.78 is 0. The highest BCUT2D eigenvalue weighted by molar-refractivity contribution is 7.84. The van der Waals surface area contributed by atoms with Crippen LogP contribution in [-0.2, 0) is 6.42 Å². The van der Waals surface area contributed by atoms with Crippen LogP contribution in [0.5, 0.6) is 0 Å². The summed E-state index contributed by atoms with van der Waals surface area (Å²) in [5, 5.41) is 3.01. The van der Waals surface area contributed by atoms with Crippen molar-refractivity contribution in [1.82, 2.24) is 5.32 Å². The lowest BCUT2D eigenvalue weighted by Crippen LogP contribution is -2.34. The lowest BCUT2D eigenvalue weighted by atomic mass is 10.0. The van der Waals surface area contributed by atoms with E-state index in [9.17, 15) is 0 Å². The van der Waals surface area contributed by atoms with E-state index in [-0.39, 0.29) is 6.04 Å². The maximum Gasteiger partial charge on any atom is 0.139 e. The Hall–Kier alpha value is -2.72. The molecule has 2 aliphatic rings. The quantitative estimate of drug-likeness (QED) is 0.253. The minimum Gasteiger partial charge on any atom is -0.382 e. The fourth-order valence-corrected chi connectivity index (χ4v) is 2.23. The van der Waals surface area contributed by atoms with Gasteiger partial charge in [-0.2, -0.15) is 0 Å². The number of nitrogens with zero attached hydrogens (tertiary/aromatic N) is 1. The summed E-state index contributed by atoms with van der Waals surface area (Å²) in [5.41, 5.74) is 10.5. The number of thiol groups is 1. The van der Waals surface area contributed by atoms with Crippen LogP contribution in [0.1, 0.15) is 49.8 Å². The molecule has 0 bridgehead atoms. The van der Waals surface area contributed by atoms with E-state index in [4.69, 9.17) is 5.73 Å². The van der Waals surface area contributed by atoms with Crippen LogP contribution >= 0.6 is 12.6 Å². The maximum atomic E-state index is 5.45. The molecule has 1 atom stereocenters. The fraction of sp³-hybridized carbons (Fsp3) is 0.321. The van der Waals surface area contributed by atoms with Crippen molar-refractivity contribution in [1.29, 1.82) is 0 Å². The maximum absolute atomic E-state index is 5.45. The van der Waals surface area contributed by atoms with Crippen molar-refractivity contribution in [3.05, 3.63) is 109 Å². The summed E-state index contributed by atoms with van der Waals surface area (Å²) >= 11 is 3.97. The van der Waals surface area contributed by atoms with Crippen molar-refractivity contribution in [3.8, 4) is 0 Å². The number of nitrogens with two attached hydrogens (primary N) is 1. The zero-order valence-electron chi connectivity index (χ0n) is 20.5. The molecule has 3 rings (SSSR count). The van der Waals surface area contributed by atoms with Gasteiger partial charge in [-0.3, -0.25) is 0 Å². The van der Waals surface area contributed by atoms with Crippen LogP contribution in [0.15, 0.2) is 97.3 Å². The molecular formula is C28H43N3S. The van der Waals surface area contributed by atoms with Crippen molar-refractivity contribution < 1.29 is 0 Å². The van der Waals surface area contributed by atoms with Crippen molar-refractivity contribution in [2.75, 3.05) is 0 Å². The molecule has 1 heterocycles. The van der Waals surface area contributed by atoms with Crippen molar-refractivity contribution in [2.24, 2.45) is 10.7 Å². The van der Waals surface area contributed by atoms with Gasteiger partial charge in [0.25, 0.3) is 0 Å². The summed E-state index contributed by atoms with van der Waals surface area (Å²) in [6.45, 7) is 25.2. The van der Waals surface area contributed by atoms with Crippen molar-refractivity contribution in [3.63, 3.8) is 0 Å². The third-order valence-electron chi connectivity index (χ3n) is 4.17. The monoisotopic (exact) mass is 453 g/mol. The molecule has 0 spiro atoms.